The summed E-state index contributed by atoms with van der Waals surface area (Å²) in [7, 11) is 0. The largest absolute Gasteiger partial charge is 0.328 e. The molecule has 2 aromatic rings. The molecule has 0 fully saturated rings. The van der Waals surface area contributed by atoms with Crippen molar-refractivity contribution in [3.8, 4) is 0 Å². The second kappa shape index (κ2) is 5.31. The maximum atomic E-state index is 13.5. The molecule has 0 bridgehead atoms. The van der Waals surface area contributed by atoms with Crippen LogP contribution in [-0.2, 0) is 0 Å². The number of hydrogen-bond donors (Lipinski definition) is 2. The Morgan fingerprint density at radius 2 is 2.05 bits per heavy atom. The standard InChI is InChI=1S/C12H8FN3O4/c13-9-3-2-8(16(19)20)5-10(9)15-12(18)7-1-4-11(17)14-6-7/h1-6H,(H,14,17)(H,15,18). The van der Waals surface area contributed by atoms with E-state index in [2.05, 4.69) is 10.3 Å². The number of hydrogen-bond acceptors (Lipinski definition) is 4. The predicted molar refractivity (Wildman–Crippen MR) is 68.1 cm³/mol. The molecule has 0 unspecified atom stereocenters. The monoisotopic (exact) mass is 277 g/mol. The summed E-state index contributed by atoms with van der Waals surface area (Å²) < 4.78 is 13.5. The summed E-state index contributed by atoms with van der Waals surface area (Å²) >= 11 is 0. The summed E-state index contributed by atoms with van der Waals surface area (Å²) in [5, 5.41) is 12.8. The number of rotatable bonds is 3. The van der Waals surface area contributed by atoms with Gasteiger partial charge in [0.2, 0.25) is 5.56 Å². The first kappa shape index (κ1) is 13.4. The van der Waals surface area contributed by atoms with Gasteiger partial charge in [-0.25, -0.2) is 4.39 Å². The third-order valence-corrected chi connectivity index (χ3v) is 2.46. The molecule has 2 rings (SSSR count). The topological polar surface area (TPSA) is 105 Å². The van der Waals surface area contributed by atoms with E-state index in [1.54, 1.807) is 0 Å². The number of anilines is 1. The third kappa shape index (κ3) is 2.86. The van der Waals surface area contributed by atoms with Gasteiger partial charge in [-0.2, -0.15) is 0 Å². The van der Waals surface area contributed by atoms with E-state index in [0.29, 0.717) is 0 Å². The number of nitrogens with one attached hydrogen (secondary N) is 2. The summed E-state index contributed by atoms with van der Waals surface area (Å²) in [6.45, 7) is 0. The molecule has 0 aliphatic rings. The maximum absolute atomic E-state index is 13.5. The summed E-state index contributed by atoms with van der Waals surface area (Å²) in [6, 6.07) is 5.19. The van der Waals surface area contributed by atoms with Crippen LogP contribution in [0, 0.1) is 15.9 Å². The molecular formula is C12H8FN3O4. The lowest BCUT2D eigenvalue weighted by atomic mass is 10.2. The Kier molecular flexibility index (Phi) is 3.56. The molecule has 0 spiro atoms. The highest BCUT2D eigenvalue weighted by atomic mass is 19.1. The number of aromatic nitrogens is 1. The Morgan fingerprint density at radius 1 is 1.30 bits per heavy atom. The third-order valence-electron chi connectivity index (χ3n) is 2.46. The molecule has 7 nitrogen and oxygen atoms in total. The summed E-state index contributed by atoms with van der Waals surface area (Å²) in [6.07, 6.45) is 1.16. The van der Waals surface area contributed by atoms with Crippen LogP contribution < -0.4 is 10.9 Å². The van der Waals surface area contributed by atoms with Crippen LogP contribution >= 0.6 is 0 Å². The van der Waals surface area contributed by atoms with Crippen LogP contribution in [-0.4, -0.2) is 15.8 Å². The molecule has 20 heavy (non-hydrogen) atoms. The summed E-state index contributed by atoms with van der Waals surface area (Å²) in [5.41, 5.74) is -0.947. The Hall–Kier alpha value is -3.03. The predicted octanol–water partition coefficient (Wildman–Crippen LogP) is 1.67. The van der Waals surface area contributed by atoms with Crippen molar-refractivity contribution in [2.75, 3.05) is 5.32 Å². The zero-order chi connectivity index (χ0) is 14.7. The highest BCUT2D eigenvalue weighted by Gasteiger charge is 2.14. The van der Waals surface area contributed by atoms with Crippen LogP contribution in [0.2, 0.25) is 0 Å². The lowest BCUT2D eigenvalue weighted by Crippen LogP contribution is -2.15. The minimum Gasteiger partial charge on any atom is -0.328 e. The van der Waals surface area contributed by atoms with Gasteiger partial charge in [0, 0.05) is 24.4 Å². The second-order valence-electron chi connectivity index (χ2n) is 3.82. The highest BCUT2D eigenvalue weighted by molar-refractivity contribution is 6.04. The van der Waals surface area contributed by atoms with Crippen molar-refractivity contribution in [2.24, 2.45) is 0 Å². The first-order valence-corrected chi connectivity index (χ1v) is 5.41. The lowest BCUT2D eigenvalue weighted by Gasteiger charge is -2.06. The minimum atomic E-state index is -0.798. The fraction of sp³-hybridized carbons (Fsp3) is 0. The Labute approximate surface area is 111 Å². The zero-order valence-electron chi connectivity index (χ0n) is 9.92. The molecule has 8 heteroatoms. The fourth-order valence-corrected chi connectivity index (χ4v) is 1.47. The number of non-ortho nitro benzene ring substituents is 1. The molecule has 2 N–H and O–H groups in total. The van der Waals surface area contributed by atoms with Crippen LogP contribution in [0.1, 0.15) is 10.4 Å². The Balaban J connectivity index is 2.27. The van der Waals surface area contributed by atoms with Gasteiger partial charge in [-0.3, -0.25) is 19.7 Å². The van der Waals surface area contributed by atoms with Gasteiger partial charge in [0.1, 0.15) is 5.82 Å². The van der Waals surface area contributed by atoms with Gasteiger partial charge in [-0.15, -0.1) is 0 Å². The van der Waals surface area contributed by atoms with Gasteiger partial charge >= 0.3 is 0 Å². The smallest absolute Gasteiger partial charge is 0.271 e. The van der Waals surface area contributed by atoms with Crippen LogP contribution in [0.25, 0.3) is 0 Å². The SMILES string of the molecule is O=C(Nc1cc([N+](=O)[O-])ccc1F)c1ccc(=O)[nH]c1. The van der Waals surface area contributed by atoms with Crippen molar-refractivity contribution >= 4 is 17.3 Å². The molecule has 0 saturated carbocycles. The highest BCUT2D eigenvalue weighted by Crippen LogP contribution is 2.21. The van der Waals surface area contributed by atoms with E-state index in [1.165, 1.54) is 6.07 Å². The molecule has 1 heterocycles. The molecule has 0 aliphatic carbocycles. The zero-order valence-corrected chi connectivity index (χ0v) is 9.92. The number of nitro groups is 1. The van der Waals surface area contributed by atoms with E-state index < -0.39 is 16.6 Å². The molecule has 0 aliphatic heterocycles. The van der Waals surface area contributed by atoms with Crippen molar-refractivity contribution in [1.29, 1.82) is 0 Å². The lowest BCUT2D eigenvalue weighted by molar-refractivity contribution is -0.384. The number of carbonyl (C=O) groups excluding carboxylic acids is 1. The number of pyridine rings is 1. The molecule has 1 amide bonds. The average molecular weight is 277 g/mol. The molecule has 1 aromatic heterocycles. The van der Waals surface area contributed by atoms with Crippen molar-refractivity contribution in [3.63, 3.8) is 0 Å². The van der Waals surface area contributed by atoms with Crippen LogP contribution in [0.15, 0.2) is 41.3 Å². The average Bonchev–Trinajstić information content (AvgIpc) is 2.41. The Bertz CT molecular complexity index is 721. The molecule has 1 aromatic carbocycles. The number of nitrogens with zero attached hydrogens (tertiary/aromatic N) is 1. The Morgan fingerprint density at radius 3 is 2.65 bits per heavy atom. The van der Waals surface area contributed by atoms with Crippen molar-refractivity contribution in [3.05, 3.63) is 68.4 Å². The number of H-pyrrole nitrogens is 1. The van der Waals surface area contributed by atoms with Crippen molar-refractivity contribution < 1.29 is 14.1 Å². The minimum absolute atomic E-state index is 0.0931. The first-order chi connectivity index (χ1) is 9.47. The normalized spacial score (nSPS) is 10.1. The van der Waals surface area contributed by atoms with E-state index >= 15 is 0 Å². The van der Waals surface area contributed by atoms with E-state index in [-0.39, 0.29) is 22.5 Å². The molecule has 0 saturated heterocycles. The number of aromatic amines is 1. The second-order valence-corrected chi connectivity index (χ2v) is 3.82. The van der Waals surface area contributed by atoms with E-state index in [9.17, 15) is 24.1 Å². The molecule has 0 atom stereocenters. The van der Waals surface area contributed by atoms with Crippen molar-refractivity contribution in [1.82, 2.24) is 4.98 Å². The van der Waals surface area contributed by atoms with Crippen molar-refractivity contribution in [2.45, 2.75) is 0 Å². The van der Waals surface area contributed by atoms with Gasteiger partial charge in [0.25, 0.3) is 11.6 Å². The van der Waals surface area contributed by atoms with E-state index in [4.69, 9.17) is 0 Å². The van der Waals surface area contributed by atoms with Crippen LogP contribution in [0.4, 0.5) is 15.8 Å². The summed E-state index contributed by atoms with van der Waals surface area (Å²) in [5.74, 6) is -1.49. The van der Waals surface area contributed by atoms with Gasteiger partial charge < -0.3 is 10.3 Å². The number of nitro benzene ring substituents is 1. The number of amides is 1. The molecule has 102 valence electrons. The number of carbonyl (C=O) groups is 1. The number of halogens is 1. The maximum Gasteiger partial charge on any atom is 0.271 e. The fourth-order valence-electron chi connectivity index (χ4n) is 1.47. The van der Waals surface area contributed by atoms with Crippen LogP contribution in [0.5, 0.6) is 0 Å². The number of benzene rings is 1. The van der Waals surface area contributed by atoms with Gasteiger partial charge in [0.15, 0.2) is 0 Å². The van der Waals surface area contributed by atoms with Gasteiger partial charge in [0.05, 0.1) is 16.2 Å². The quantitative estimate of drug-likeness (QED) is 0.657. The van der Waals surface area contributed by atoms with E-state index in [0.717, 1.165) is 30.5 Å². The first-order valence-electron chi connectivity index (χ1n) is 5.41. The van der Waals surface area contributed by atoms with E-state index in [1.807, 2.05) is 0 Å². The molecule has 0 radical (unpaired) electrons. The molecular weight excluding hydrogens is 269 g/mol. The summed E-state index contributed by atoms with van der Waals surface area (Å²) in [4.78, 5) is 34.8. The van der Waals surface area contributed by atoms with Gasteiger partial charge in [-0.05, 0) is 12.1 Å². The van der Waals surface area contributed by atoms with Gasteiger partial charge in [-0.1, -0.05) is 0 Å². The van der Waals surface area contributed by atoms with Crippen LogP contribution in [0.3, 0.4) is 0 Å².